The zero-order valence-corrected chi connectivity index (χ0v) is 31.6. The standard InChI is InChI=1S/C22H31N7O.C17H26F3N/c1-14(25-10-5-11-26-20(23)24)15-6-8-17(9-7-15)29-13-16-12-18(22(2,3)4)27-19(16)28-21(29)30;1-12(21-5)7-6-8-13-9-14(16(2,3)4)11-15(10-13)17(18,19)20/h6-9,12-14,25H,5,10-11H2,1-4H3,(H4,23,24,26)(H,27,28,30);9-12,21H,6-8H2,1-5H3/t14-;12-/m00/s1. The molecule has 0 unspecified atom stereocenters. The van der Waals surface area contributed by atoms with Crippen LogP contribution in [-0.4, -0.2) is 46.7 Å². The number of nitrogens with one attached hydrogen (secondary N) is 3. The third-order valence-electron chi connectivity index (χ3n) is 8.85. The van der Waals surface area contributed by atoms with E-state index in [0.717, 1.165) is 59.3 Å². The second-order valence-corrected chi connectivity index (χ2v) is 15.3. The number of H-pyrrole nitrogens is 1. The molecule has 0 aliphatic carbocycles. The fraction of sp³-hybridized carbons (Fsp3) is 0.513. The van der Waals surface area contributed by atoms with Gasteiger partial charge >= 0.3 is 11.9 Å². The van der Waals surface area contributed by atoms with Crippen molar-refractivity contribution in [1.29, 1.82) is 0 Å². The number of hydrogen-bond acceptors (Lipinski definition) is 5. The molecule has 0 aliphatic heterocycles. The highest BCUT2D eigenvalue weighted by atomic mass is 19.4. The van der Waals surface area contributed by atoms with Crippen molar-refractivity contribution in [2.75, 3.05) is 20.1 Å². The van der Waals surface area contributed by atoms with Crippen LogP contribution in [-0.2, 0) is 23.4 Å². The van der Waals surface area contributed by atoms with Crippen LogP contribution in [0.1, 0.15) is 109 Å². The monoisotopic (exact) mass is 710 g/mol. The van der Waals surface area contributed by atoms with Gasteiger partial charge in [0.2, 0.25) is 0 Å². The van der Waals surface area contributed by atoms with E-state index >= 15 is 0 Å². The van der Waals surface area contributed by atoms with Gasteiger partial charge in [0.25, 0.3) is 0 Å². The average molecular weight is 711 g/mol. The summed E-state index contributed by atoms with van der Waals surface area (Å²) in [7, 11) is 1.90. The first-order valence-corrected chi connectivity index (χ1v) is 17.6. The maximum atomic E-state index is 13.0. The van der Waals surface area contributed by atoms with Gasteiger partial charge in [0.05, 0.1) is 11.3 Å². The molecule has 0 saturated carbocycles. The van der Waals surface area contributed by atoms with Crippen LogP contribution >= 0.6 is 0 Å². The van der Waals surface area contributed by atoms with Crippen LogP contribution in [0, 0.1) is 0 Å². The molecule has 4 aromatic rings. The molecule has 0 amide bonds. The van der Waals surface area contributed by atoms with Crippen LogP contribution in [0.2, 0.25) is 0 Å². The van der Waals surface area contributed by atoms with Crippen molar-refractivity contribution < 1.29 is 13.2 Å². The Morgan fingerprint density at radius 2 is 1.59 bits per heavy atom. The lowest BCUT2D eigenvalue weighted by Gasteiger charge is -2.22. The SMILES string of the molecule is CN[C@@H](C)CCCc1cc(C(C)(C)C)cc(C(F)(F)F)c1.C[C@H](NCCCN=C(N)N)c1ccc(-n2cc3cc(C(C)(C)C)[nH]c3nc2=O)cc1. The first kappa shape index (κ1) is 41.3. The minimum atomic E-state index is -4.28. The van der Waals surface area contributed by atoms with Crippen LogP contribution in [0.5, 0.6) is 0 Å². The van der Waals surface area contributed by atoms with E-state index in [2.05, 4.69) is 66.3 Å². The average Bonchev–Trinajstić information content (AvgIpc) is 3.47. The second kappa shape index (κ2) is 17.4. The number of fused-ring (bicyclic) bond motifs is 1. The summed E-state index contributed by atoms with van der Waals surface area (Å²) < 4.78 is 40.7. The van der Waals surface area contributed by atoms with Gasteiger partial charge in [-0.3, -0.25) is 9.56 Å². The van der Waals surface area contributed by atoms with Gasteiger partial charge in [-0.25, -0.2) is 4.79 Å². The molecule has 12 heteroatoms. The van der Waals surface area contributed by atoms with Crippen molar-refractivity contribution in [1.82, 2.24) is 25.2 Å². The van der Waals surface area contributed by atoms with Crippen LogP contribution < -0.4 is 27.8 Å². The molecule has 2 aromatic heterocycles. The van der Waals surface area contributed by atoms with E-state index in [-0.39, 0.29) is 28.5 Å². The summed E-state index contributed by atoms with van der Waals surface area (Å²) >= 11 is 0. The molecule has 51 heavy (non-hydrogen) atoms. The molecule has 0 radical (unpaired) electrons. The molecule has 0 saturated heterocycles. The molecule has 0 aliphatic rings. The minimum Gasteiger partial charge on any atom is -0.370 e. The summed E-state index contributed by atoms with van der Waals surface area (Å²) in [6, 6.07) is 15.0. The summed E-state index contributed by atoms with van der Waals surface area (Å²) in [5, 5.41) is 7.51. The summed E-state index contributed by atoms with van der Waals surface area (Å²) in [6.07, 6.45) is 0.934. The number of hydrogen-bond donors (Lipinski definition) is 5. The van der Waals surface area contributed by atoms with Gasteiger partial charge in [-0.15, -0.1) is 0 Å². The fourth-order valence-electron chi connectivity index (χ4n) is 5.42. The maximum Gasteiger partial charge on any atom is 0.416 e. The predicted molar refractivity (Wildman–Crippen MR) is 204 cm³/mol. The van der Waals surface area contributed by atoms with E-state index < -0.39 is 11.7 Å². The molecule has 0 fully saturated rings. The smallest absolute Gasteiger partial charge is 0.370 e. The number of alkyl halides is 3. The van der Waals surface area contributed by atoms with Crippen molar-refractivity contribution >= 4 is 17.0 Å². The first-order valence-electron chi connectivity index (χ1n) is 17.6. The minimum absolute atomic E-state index is 0.0390. The summed E-state index contributed by atoms with van der Waals surface area (Å²) in [4.78, 5) is 24.0. The Labute approximate surface area is 300 Å². The predicted octanol–water partition coefficient (Wildman–Crippen LogP) is 7.26. The van der Waals surface area contributed by atoms with Crippen LogP contribution in [0.4, 0.5) is 13.2 Å². The summed E-state index contributed by atoms with van der Waals surface area (Å²) in [6.45, 7) is 17.8. The van der Waals surface area contributed by atoms with E-state index in [4.69, 9.17) is 11.5 Å². The van der Waals surface area contributed by atoms with Gasteiger partial charge in [0, 0.05) is 41.3 Å². The number of aliphatic imine (C=N–C) groups is 1. The maximum absolute atomic E-state index is 13.0. The van der Waals surface area contributed by atoms with E-state index in [9.17, 15) is 18.0 Å². The molecule has 9 nitrogen and oxygen atoms in total. The molecule has 2 heterocycles. The van der Waals surface area contributed by atoms with Gasteiger partial charge in [0.1, 0.15) is 5.65 Å². The van der Waals surface area contributed by atoms with E-state index in [1.807, 2.05) is 64.3 Å². The largest absolute Gasteiger partial charge is 0.416 e. The van der Waals surface area contributed by atoms with Crippen molar-refractivity contribution in [3.8, 4) is 5.69 Å². The van der Waals surface area contributed by atoms with Gasteiger partial charge in [-0.2, -0.15) is 18.2 Å². The Balaban J connectivity index is 0.000000295. The Hall–Kier alpha value is -4.16. The van der Waals surface area contributed by atoms with Crippen molar-refractivity contribution in [3.63, 3.8) is 0 Å². The fourth-order valence-corrected chi connectivity index (χ4v) is 5.42. The number of aryl methyl sites for hydroxylation is 1. The van der Waals surface area contributed by atoms with Gasteiger partial charge < -0.3 is 27.1 Å². The molecule has 0 bridgehead atoms. The highest BCUT2D eigenvalue weighted by molar-refractivity contribution is 5.76. The van der Waals surface area contributed by atoms with Crippen LogP contribution in [0.25, 0.3) is 16.7 Å². The Bertz CT molecular complexity index is 1760. The number of nitrogens with zero attached hydrogens (tertiary/aromatic N) is 3. The van der Waals surface area contributed by atoms with Crippen molar-refractivity contribution in [2.45, 2.75) is 110 Å². The topological polar surface area (TPSA) is 139 Å². The van der Waals surface area contributed by atoms with Crippen molar-refractivity contribution in [2.24, 2.45) is 16.5 Å². The Morgan fingerprint density at radius 1 is 0.941 bits per heavy atom. The zero-order valence-electron chi connectivity index (χ0n) is 31.6. The normalized spacial score (nSPS) is 13.4. The van der Waals surface area contributed by atoms with E-state index in [1.165, 1.54) is 12.1 Å². The Morgan fingerprint density at radius 3 is 2.16 bits per heavy atom. The quantitative estimate of drug-likeness (QED) is 0.0596. The molecule has 7 N–H and O–H groups in total. The Kier molecular flexibility index (Phi) is 14.1. The molecular weight excluding hydrogens is 653 g/mol. The molecule has 280 valence electrons. The first-order chi connectivity index (χ1) is 23.7. The summed E-state index contributed by atoms with van der Waals surface area (Å²) in [5.41, 5.74) is 14.6. The number of aromatic nitrogens is 3. The van der Waals surface area contributed by atoms with Crippen molar-refractivity contribution in [3.05, 3.63) is 93.2 Å². The number of rotatable bonds is 12. The third-order valence-corrected chi connectivity index (χ3v) is 8.85. The number of benzene rings is 2. The third kappa shape index (κ3) is 12.5. The summed E-state index contributed by atoms with van der Waals surface area (Å²) in [5.74, 6) is 0.121. The zero-order chi connectivity index (χ0) is 38.1. The number of aromatic amines is 1. The highest BCUT2D eigenvalue weighted by Crippen LogP contribution is 2.34. The van der Waals surface area contributed by atoms with Gasteiger partial charge in [-0.05, 0) is 106 Å². The lowest BCUT2D eigenvalue weighted by atomic mass is 9.84. The lowest BCUT2D eigenvalue weighted by Crippen LogP contribution is -2.24. The molecule has 4 rings (SSSR count). The van der Waals surface area contributed by atoms with Crippen LogP contribution in [0.3, 0.4) is 0 Å². The van der Waals surface area contributed by atoms with E-state index in [0.29, 0.717) is 24.7 Å². The molecular formula is C39H57F3N8O. The number of nitrogens with two attached hydrogens (primary N) is 2. The number of halogens is 3. The van der Waals surface area contributed by atoms with Gasteiger partial charge in [-0.1, -0.05) is 59.7 Å². The number of guanidine groups is 1. The highest BCUT2D eigenvalue weighted by Gasteiger charge is 2.32. The molecule has 2 aromatic carbocycles. The van der Waals surface area contributed by atoms with Gasteiger partial charge in [0.15, 0.2) is 5.96 Å². The van der Waals surface area contributed by atoms with E-state index in [1.54, 1.807) is 4.57 Å². The lowest BCUT2D eigenvalue weighted by molar-refractivity contribution is -0.137. The molecule has 2 atom stereocenters. The van der Waals surface area contributed by atoms with Crippen LogP contribution in [0.15, 0.2) is 64.5 Å². The second-order valence-electron chi connectivity index (χ2n) is 15.3. The molecule has 0 spiro atoms.